The quantitative estimate of drug-likeness (QED) is 0.592. The van der Waals surface area contributed by atoms with Gasteiger partial charge in [-0.1, -0.05) is 20.8 Å². The van der Waals surface area contributed by atoms with Crippen molar-refractivity contribution in [2.24, 2.45) is 11.8 Å². The van der Waals surface area contributed by atoms with Crippen LogP contribution >= 0.6 is 0 Å². The van der Waals surface area contributed by atoms with Gasteiger partial charge >= 0.3 is 0 Å². The summed E-state index contributed by atoms with van der Waals surface area (Å²) in [6, 6.07) is 0. The molecule has 0 saturated heterocycles. The Morgan fingerprint density at radius 1 is 1.30 bits per heavy atom. The summed E-state index contributed by atoms with van der Waals surface area (Å²) < 4.78 is 5.16. The van der Waals surface area contributed by atoms with Crippen LogP contribution in [0.3, 0.4) is 0 Å². The van der Waals surface area contributed by atoms with Crippen molar-refractivity contribution in [2.45, 2.75) is 20.8 Å². The van der Waals surface area contributed by atoms with Crippen molar-refractivity contribution in [3.63, 3.8) is 0 Å². The maximum absolute atomic E-state index is 8.39. The molecule has 62 valence electrons. The lowest BCUT2D eigenvalue weighted by atomic mass is 9.99. The first kappa shape index (κ1) is 9.92. The van der Waals surface area contributed by atoms with Gasteiger partial charge in [-0.3, -0.25) is 0 Å². The molecule has 10 heavy (non-hydrogen) atoms. The molecule has 1 atom stereocenters. The lowest BCUT2D eigenvalue weighted by Gasteiger charge is -2.14. The van der Waals surface area contributed by atoms with E-state index < -0.39 is 0 Å². The summed E-state index contributed by atoms with van der Waals surface area (Å²) in [6.07, 6.45) is 0. The molecular weight excluding hydrogens is 128 g/mol. The fraction of sp³-hybridized carbons (Fsp3) is 1.00. The van der Waals surface area contributed by atoms with Crippen molar-refractivity contribution in [1.82, 2.24) is 0 Å². The zero-order valence-electron chi connectivity index (χ0n) is 7.13. The predicted octanol–water partition coefficient (Wildman–Crippen LogP) is 1.29. The topological polar surface area (TPSA) is 29.5 Å². The fourth-order valence-electron chi connectivity index (χ4n) is 0.526. The highest BCUT2D eigenvalue weighted by Crippen LogP contribution is 2.08. The molecule has 0 saturated carbocycles. The molecule has 0 rings (SSSR count). The highest BCUT2D eigenvalue weighted by atomic mass is 16.5. The summed E-state index contributed by atoms with van der Waals surface area (Å²) in [5.74, 6) is 1.25. The van der Waals surface area contributed by atoms with Gasteiger partial charge in [0.2, 0.25) is 0 Å². The molecule has 0 radical (unpaired) electrons. The van der Waals surface area contributed by atoms with Gasteiger partial charge in [0, 0.05) is 6.61 Å². The van der Waals surface area contributed by atoms with Crippen molar-refractivity contribution >= 4 is 0 Å². The van der Waals surface area contributed by atoms with Crippen molar-refractivity contribution in [3.05, 3.63) is 0 Å². The molecule has 0 aromatic heterocycles. The third-order valence-corrected chi connectivity index (χ3v) is 1.75. The Morgan fingerprint density at radius 2 is 1.90 bits per heavy atom. The van der Waals surface area contributed by atoms with Crippen molar-refractivity contribution in [2.75, 3.05) is 19.8 Å². The lowest BCUT2D eigenvalue weighted by molar-refractivity contribution is 0.0611. The van der Waals surface area contributed by atoms with Gasteiger partial charge in [-0.25, -0.2) is 0 Å². The first-order valence-corrected chi connectivity index (χ1v) is 3.87. The number of aliphatic hydroxyl groups is 1. The highest BCUT2D eigenvalue weighted by Gasteiger charge is 2.05. The minimum Gasteiger partial charge on any atom is -0.394 e. The number of ether oxygens (including phenoxy) is 1. The Hall–Kier alpha value is -0.0800. The molecule has 0 aliphatic rings. The van der Waals surface area contributed by atoms with Crippen LogP contribution in [-0.4, -0.2) is 24.9 Å². The minimum absolute atomic E-state index is 0.130. The number of rotatable bonds is 5. The van der Waals surface area contributed by atoms with Crippen LogP contribution in [0.4, 0.5) is 0 Å². The van der Waals surface area contributed by atoms with Crippen LogP contribution in [0.15, 0.2) is 0 Å². The summed E-state index contributed by atoms with van der Waals surface area (Å²) >= 11 is 0. The third kappa shape index (κ3) is 4.77. The van der Waals surface area contributed by atoms with Crippen LogP contribution in [0, 0.1) is 11.8 Å². The number of hydrogen-bond donors (Lipinski definition) is 1. The van der Waals surface area contributed by atoms with Gasteiger partial charge in [-0.2, -0.15) is 0 Å². The average Bonchev–Trinajstić information content (AvgIpc) is 1.88. The minimum atomic E-state index is 0.130. The Balaban J connectivity index is 3.13. The van der Waals surface area contributed by atoms with E-state index in [0.29, 0.717) is 18.4 Å². The second-order valence-corrected chi connectivity index (χ2v) is 3.02. The van der Waals surface area contributed by atoms with Gasteiger partial charge in [0.15, 0.2) is 0 Å². The zero-order valence-corrected chi connectivity index (χ0v) is 7.13. The van der Waals surface area contributed by atoms with Gasteiger partial charge in [-0.05, 0) is 11.8 Å². The van der Waals surface area contributed by atoms with Crippen molar-refractivity contribution in [1.29, 1.82) is 0 Å². The summed E-state index contributed by atoms with van der Waals surface area (Å²) in [4.78, 5) is 0. The van der Waals surface area contributed by atoms with E-state index >= 15 is 0 Å². The maximum atomic E-state index is 8.39. The molecule has 0 aliphatic carbocycles. The Morgan fingerprint density at radius 3 is 2.30 bits per heavy atom. The van der Waals surface area contributed by atoms with Gasteiger partial charge in [0.1, 0.15) is 0 Å². The number of hydrogen-bond acceptors (Lipinski definition) is 2. The SMILES string of the molecule is CC(C)C(C)COCCO. The lowest BCUT2D eigenvalue weighted by Crippen LogP contribution is -2.13. The van der Waals surface area contributed by atoms with E-state index in [1.807, 2.05) is 0 Å². The third-order valence-electron chi connectivity index (χ3n) is 1.75. The van der Waals surface area contributed by atoms with Crippen LogP contribution in [0.25, 0.3) is 0 Å². The maximum Gasteiger partial charge on any atom is 0.0697 e. The Kier molecular flexibility index (Phi) is 5.64. The van der Waals surface area contributed by atoms with Gasteiger partial charge in [0.05, 0.1) is 13.2 Å². The zero-order chi connectivity index (χ0) is 7.98. The molecule has 1 N–H and O–H groups in total. The molecule has 0 aromatic carbocycles. The van der Waals surface area contributed by atoms with E-state index in [4.69, 9.17) is 9.84 Å². The van der Waals surface area contributed by atoms with Crippen LogP contribution in [0.1, 0.15) is 20.8 Å². The predicted molar refractivity (Wildman–Crippen MR) is 41.9 cm³/mol. The van der Waals surface area contributed by atoms with Crippen LogP contribution in [0.5, 0.6) is 0 Å². The second-order valence-electron chi connectivity index (χ2n) is 3.02. The molecule has 0 fully saturated rings. The molecule has 0 heterocycles. The van der Waals surface area contributed by atoms with E-state index in [1.54, 1.807) is 0 Å². The average molecular weight is 146 g/mol. The Bertz CT molecular complexity index is 71.7. The van der Waals surface area contributed by atoms with Crippen LogP contribution in [-0.2, 0) is 4.74 Å². The summed E-state index contributed by atoms with van der Waals surface area (Å²) in [6.45, 7) is 7.86. The monoisotopic (exact) mass is 146 g/mol. The van der Waals surface area contributed by atoms with Crippen LogP contribution in [0.2, 0.25) is 0 Å². The molecule has 1 unspecified atom stereocenters. The summed E-state index contributed by atoms with van der Waals surface area (Å²) in [5, 5.41) is 8.39. The molecule has 0 aliphatic heterocycles. The van der Waals surface area contributed by atoms with Gasteiger partial charge < -0.3 is 9.84 Å². The fourth-order valence-corrected chi connectivity index (χ4v) is 0.526. The van der Waals surface area contributed by atoms with E-state index in [2.05, 4.69) is 20.8 Å². The van der Waals surface area contributed by atoms with E-state index in [0.717, 1.165) is 6.61 Å². The highest BCUT2D eigenvalue weighted by molar-refractivity contribution is 4.54. The van der Waals surface area contributed by atoms with E-state index in [-0.39, 0.29) is 6.61 Å². The smallest absolute Gasteiger partial charge is 0.0697 e. The molecule has 2 nitrogen and oxygen atoms in total. The standard InChI is InChI=1S/C8H18O2/c1-7(2)8(3)6-10-5-4-9/h7-9H,4-6H2,1-3H3. The van der Waals surface area contributed by atoms with E-state index in [9.17, 15) is 0 Å². The van der Waals surface area contributed by atoms with Crippen molar-refractivity contribution in [3.8, 4) is 0 Å². The molecule has 0 bridgehead atoms. The van der Waals surface area contributed by atoms with Crippen molar-refractivity contribution < 1.29 is 9.84 Å². The summed E-state index contributed by atoms with van der Waals surface area (Å²) in [7, 11) is 0. The first-order chi connectivity index (χ1) is 4.68. The first-order valence-electron chi connectivity index (χ1n) is 3.87. The Labute approximate surface area is 63.2 Å². The number of aliphatic hydroxyl groups excluding tert-OH is 1. The second kappa shape index (κ2) is 5.69. The molecule has 0 aromatic rings. The van der Waals surface area contributed by atoms with Crippen LogP contribution < -0.4 is 0 Å². The molecule has 0 spiro atoms. The molecule has 2 heteroatoms. The van der Waals surface area contributed by atoms with Gasteiger partial charge in [0.25, 0.3) is 0 Å². The van der Waals surface area contributed by atoms with Gasteiger partial charge in [-0.15, -0.1) is 0 Å². The molecular formula is C8H18O2. The summed E-state index contributed by atoms with van der Waals surface area (Å²) in [5.41, 5.74) is 0. The normalized spacial score (nSPS) is 14.1. The van der Waals surface area contributed by atoms with E-state index in [1.165, 1.54) is 0 Å². The molecule has 0 amide bonds. The largest absolute Gasteiger partial charge is 0.394 e.